The second-order valence-corrected chi connectivity index (χ2v) is 7.72. The average molecular weight is 375 g/mol. The van der Waals surface area contributed by atoms with Crippen LogP contribution in [0.3, 0.4) is 0 Å². The van der Waals surface area contributed by atoms with Crippen molar-refractivity contribution in [2.75, 3.05) is 19.7 Å². The number of carbonyl (C=O) groups is 1. The summed E-state index contributed by atoms with van der Waals surface area (Å²) in [5.74, 6) is 0.247. The van der Waals surface area contributed by atoms with Gasteiger partial charge in [-0.2, -0.15) is 0 Å². The molecule has 0 aliphatic carbocycles. The Labute approximate surface area is 158 Å². The van der Waals surface area contributed by atoms with Crippen LogP contribution in [0.15, 0.2) is 41.8 Å². The van der Waals surface area contributed by atoms with Gasteiger partial charge in [-0.25, -0.2) is 0 Å². The van der Waals surface area contributed by atoms with Gasteiger partial charge < -0.3 is 15.2 Å². The largest absolute Gasteiger partial charge is 0.508 e. The quantitative estimate of drug-likeness (QED) is 0.744. The van der Waals surface area contributed by atoms with Crippen LogP contribution in [0.25, 0.3) is 0 Å². The van der Waals surface area contributed by atoms with Gasteiger partial charge in [-0.05, 0) is 37.3 Å². The van der Waals surface area contributed by atoms with E-state index in [1.807, 2.05) is 36.6 Å². The van der Waals surface area contributed by atoms with Crippen LogP contribution in [0.4, 0.5) is 0 Å². The van der Waals surface area contributed by atoms with E-state index in [1.54, 1.807) is 23.5 Å². The molecule has 26 heavy (non-hydrogen) atoms. The molecular formula is C20H26N2O3S. The van der Waals surface area contributed by atoms with Crippen LogP contribution in [-0.2, 0) is 16.1 Å². The van der Waals surface area contributed by atoms with Crippen molar-refractivity contribution in [3.63, 3.8) is 0 Å². The van der Waals surface area contributed by atoms with Gasteiger partial charge in [0, 0.05) is 30.1 Å². The van der Waals surface area contributed by atoms with Crippen LogP contribution in [0, 0.1) is 0 Å². The van der Waals surface area contributed by atoms with Crippen LogP contribution in [0.5, 0.6) is 5.75 Å². The number of para-hydroxylation sites is 1. The Morgan fingerprint density at radius 3 is 2.92 bits per heavy atom. The summed E-state index contributed by atoms with van der Waals surface area (Å²) in [6.45, 7) is 4.28. The maximum Gasteiger partial charge on any atom is 0.234 e. The van der Waals surface area contributed by atoms with Crippen molar-refractivity contribution in [2.24, 2.45) is 0 Å². The molecule has 1 aromatic heterocycles. The van der Waals surface area contributed by atoms with E-state index in [0.717, 1.165) is 29.9 Å². The Hall–Kier alpha value is -1.89. The van der Waals surface area contributed by atoms with Crippen molar-refractivity contribution < 1.29 is 14.6 Å². The van der Waals surface area contributed by atoms with Crippen LogP contribution >= 0.6 is 11.3 Å². The minimum atomic E-state index is -0.0145. The summed E-state index contributed by atoms with van der Waals surface area (Å²) in [7, 11) is 0. The maximum absolute atomic E-state index is 12.6. The van der Waals surface area contributed by atoms with Crippen LogP contribution in [0.2, 0.25) is 0 Å². The number of benzene rings is 1. The fourth-order valence-corrected chi connectivity index (χ4v) is 3.98. The molecule has 1 aromatic carbocycles. The second-order valence-electron chi connectivity index (χ2n) is 6.74. The van der Waals surface area contributed by atoms with E-state index < -0.39 is 0 Å². The molecular weight excluding hydrogens is 348 g/mol. The molecule has 2 heterocycles. The summed E-state index contributed by atoms with van der Waals surface area (Å²) < 4.78 is 5.74. The van der Waals surface area contributed by atoms with Crippen LogP contribution < -0.4 is 5.32 Å². The number of aromatic hydroxyl groups is 1. The minimum Gasteiger partial charge on any atom is -0.508 e. The van der Waals surface area contributed by atoms with Crippen LogP contribution in [-0.4, -0.2) is 41.7 Å². The van der Waals surface area contributed by atoms with Gasteiger partial charge in [0.1, 0.15) is 5.75 Å². The zero-order valence-electron chi connectivity index (χ0n) is 15.1. The fraction of sp³-hybridized carbons (Fsp3) is 0.450. The number of phenols is 1. The number of hydrogen-bond acceptors (Lipinski definition) is 5. The molecule has 140 valence electrons. The summed E-state index contributed by atoms with van der Waals surface area (Å²) in [6, 6.07) is 11.3. The number of rotatable bonds is 8. The summed E-state index contributed by atoms with van der Waals surface area (Å²) in [5.41, 5.74) is 0.824. The SMILES string of the molecule is CC(NC(=O)CN(Cc1ccccc1O)CC1CCCO1)c1cccs1. The van der Waals surface area contributed by atoms with E-state index in [0.29, 0.717) is 13.1 Å². The number of carbonyl (C=O) groups excluding carboxylic acids is 1. The van der Waals surface area contributed by atoms with Gasteiger partial charge in [0.25, 0.3) is 0 Å². The van der Waals surface area contributed by atoms with Crippen LogP contribution in [0.1, 0.15) is 36.2 Å². The Morgan fingerprint density at radius 2 is 2.23 bits per heavy atom. The van der Waals surface area contributed by atoms with Crippen molar-refractivity contribution in [2.45, 2.75) is 38.5 Å². The number of nitrogens with zero attached hydrogens (tertiary/aromatic N) is 1. The Kier molecular flexibility index (Phi) is 6.66. The molecule has 0 spiro atoms. The van der Waals surface area contributed by atoms with Gasteiger partial charge in [0.15, 0.2) is 0 Å². The van der Waals surface area contributed by atoms with E-state index in [2.05, 4.69) is 10.2 Å². The summed E-state index contributed by atoms with van der Waals surface area (Å²) in [5, 5.41) is 15.1. The number of thiophene rings is 1. The van der Waals surface area contributed by atoms with Gasteiger partial charge in [-0.1, -0.05) is 24.3 Å². The number of amides is 1. The molecule has 1 amide bonds. The molecule has 2 atom stereocenters. The van der Waals surface area contributed by atoms with Gasteiger partial charge in [-0.3, -0.25) is 9.69 Å². The molecule has 6 heteroatoms. The monoisotopic (exact) mass is 374 g/mol. The standard InChI is InChI=1S/C20H26N2O3S/c1-15(19-9-5-11-26-19)21-20(24)14-22(13-17-7-4-10-25-17)12-16-6-2-3-8-18(16)23/h2-3,5-6,8-9,11,15,17,23H,4,7,10,12-14H2,1H3,(H,21,24). The molecule has 1 saturated heterocycles. The van der Waals surface area contributed by atoms with Gasteiger partial charge in [-0.15, -0.1) is 11.3 Å². The first kappa shape index (κ1) is 18.9. The van der Waals surface area contributed by atoms with Gasteiger partial charge >= 0.3 is 0 Å². The zero-order chi connectivity index (χ0) is 18.4. The van der Waals surface area contributed by atoms with Crippen molar-refractivity contribution in [3.05, 3.63) is 52.2 Å². The third kappa shape index (κ3) is 5.30. The van der Waals surface area contributed by atoms with E-state index in [4.69, 9.17) is 4.74 Å². The first-order chi connectivity index (χ1) is 12.6. The highest BCUT2D eigenvalue weighted by molar-refractivity contribution is 7.10. The number of ether oxygens (including phenoxy) is 1. The third-order valence-electron chi connectivity index (χ3n) is 4.59. The smallest absolute Gasteiger partial charge is 0.234 e. The highest BCUT2D eigenvalue weighted by atomic mass is 32.1. The van der Waals surface area contributed by atoms with Crippen molar-refractivity contribution >= 4 is 17.2 Å². The van der Waals surface area contributed by atoms with E-state index in [9.17, 15) is 9.90 Å². The van der Waals surface area contributed by atoms with E-state index >= 15 is 0 Å². The molecule has 1 aliphatic rings. The molecule has 3 rings (SSSR count). The second kappa shape index (κ2) is 9.16. The highest BCUT2D eigenvalue weighted by Crippen LogP contribution is 2.21. The molecule has 2 N–H and O–H groups in total. The number of nitrogens with one attached hydrogen (secondary N) is 1. The lowest BCUT2D eigenvalue weighted by molar-refractivity contribution is -0.123. The lowest BCUT2D eigenvalue weighted by Crippen LogP contribution is -2.41. The van der Waals surface area contributed by atoms with Gasteiger partial charge in [0.05, 0.1) is 18.7 Å². The summed E-state index contributed by atoms with van der Waals surface area (Å²) in [4.78, 5) is 15.8. The maximum atomic E-state index is 12.6. The van der Waals surface area contributed by atoms with E-state index in [-0.39, 0.29) is 30.3 Å². The topological polar surface area (TPSA) is 61.8 Å². The summed E-state index contributed by atoms with van der Waals surface area (Å²) in [6.07, 6.45) is 2.24. The first-order valence-corrected chi connectivity index (χ1v) is 9.93. The highest BCUT2D eigenvalue weighted by Gasteiger charge is 2.22. The first-order valence-electron chi connectivity index (χ1n) is 9.05. The fourth-order valence-electron chi connectivity index (χ4n) is 3.25. The Bertz CT molecular complexity index is 699. The number of phenolic OH excluding ortho intramolecular Hbond substituents is 1. The zero-order valence-corrected chi connectivity index (χ0v) is 15.9. The molecule has 2 aromatic rings. The lowest BCUT2D eigenvalue weighted by Gasteiger charge is -2.25. The molecule has 1 fully saturated rings. The Morgan fingerprint density at radius 1 is 1.38 bits per heavy atom. The normalized spacial score (nSPS) is 18.2. The Balaban J connectivity index is 1.62. The summed E-state index contributed by atoms with van der Waals surface area (Å²) >= 11 is 1.64. The minimum absolute atomic E-state index is 0.00258. The lowest BCUT2D eigenvalue weighted by atomic mass is 10.1. The molecule has 0 bridgehead atoms. The molecule has 0 radical (unpaired) electrons. The molecule has 0 saturated carbocycles. The number of hydrogen-bond donors (Lipinski definition) is 2. The van der Waals surface area contributed by atoms with Gasteiger partial charge in [0.2, 0.25) is 5.91 Å². The average Bonchev–Trinajstić information content (AvgIpc) is 3.30. The van der Waals surface area contributed by atoms with Crippen molar-refractivity contribution in [1.29, 1.82) is 0 Å². The van der Waals surface area contributed by atoms with Crippen molar-refractivity contribution in [1.82, 2.24) is 10.2 Å². The van der Waals surface area contributed by atoms with Crippen molar-refractivity contribution in [3.8, 4) is 5.75 Å². The molecule has 5 nitrogen and oxygen atoms in total. The molecule has 2 unspecified atom stereocenters. The molecule has 1 aliphatic heterocycles. The van der Waals surface area contributed by atoms with E-state index in [1.165, 1.54) is 0 Å². The third-order valence-corrected chi connectivity index (χ3v) is 5.64. The predicted octanol–water partition coefficient (Wildman–Crippen LogP) is 3.31. The predicted molar refractivity (Wildman–Crippen MR) is 103 cm³/mol.